The topological polar surface area (TPSA) is 17.1 Å². The van der Waals surface area contributed by atoms with Crippen molar-refractivity contribution in [1.29, 1.82) is 0 Å². The SMILES string of the molecule is CCC(F)F.O=C1c2ccccc2C2(CC2)CP1Cc1ccccc1. The van der Waals surface area contributed by atoms with Gasteiger partial charge in [0.05, 0.1) is 0 Å². The maximum Gasteiger partial charge on any atom is 0.238 e. The fourth-order valence-corrected chi connectivity index (χ4v) is 6.14. The number of carbonyl (C=O) groups is 1. The molecule has 1 unspecified atom stereocenters. The van der Waals surface area contributed by atoms with Crippen LogP contribution < -0.4 is 0 Å². The highest BCUT2D eigenvalue weighted by Gasteiger charge is 2.51. The third kappa shape index (κ3) is 4.15. The van der Waals surface area contributed by atoms with Gasteiger partial charge in [-0.3, -0.25) is 4.79 Å². The molecule has 1 spiro atoms. The number of rotatable bonds is 3. The Kier molecular flexibility index (Phi) is 5.64. The summed E-state index contributed by atoms with van der Waals surface area (Å²) in [4.78, 5) is 12.8. The summed E-state index contributed by atoms with van der Waals surface area (Å²) >= 11 is 0. The van der Waals surface area contributed by atoms with Gasteiger partial charge in [0.2, 0.25) is 6.43 Å². The summed E-state index contributed by atoms with van der Waals surface area (Å²) in [5.74, 6) is 0. The van der Waals surface area contributed by atoms with Gasteiger partial charge in [-0.2, -0.15) is 0 Å². The number of carbonyl (C=O) groups excluding carboxylic acids is 1. The summed E-state index contributed by atoms with van der Waals surface area (Å²) in [5.41, 5.74) is 4.42. The predicted octanol–water partition coefficient (Wildman–Crippen LogP) is 6.22. The molecule has 0 N–H and O–H groups in total. The van der Waals surface area contributed by atoms with E-state index in [0.717, 1.165) is 17.9 Å². The molecular weight excluding hydrogens is 337 g/mol. The van der Waals surface area contributed by atoms with Crippen molar-refractivity contribution in [2.45, 2.75) is 44.2 Å². The molecule has 2 aromatic carbocycles. The third-order valence-corrected chi connectivity index (χ3v) is 7.44. The van der Waals surface area contributed by atoms with E-state index in [1.807, 2.05) is 18.2 Å². The van der Waals surface area contributed by atoms with E-state index in [4.69, 9.17) is 0 Å². The van der Waals surface area contributed by atoms with Crippen LogP contribution in [-0.4, -0.2) is 18.1 Å². The molecule has 1 aliphatic carbocycles. The van der Waals surface area contributed by atoms with Crippen molar-refractivity contribution < 1.29 is 13.6 Å². The molecular formula is C21H23F2OP. The Hall–Kier alpha value is -1.60. The average Bonchev–Trinajstić information content (AvgIpc) is 3.41. The van der Waals surface area contributed by atoms with E-state index < -0.39 is 14.3 Å². The Balaban J connectivity index is 0.000000324. The van der Waals surface area contributed by atoms with Crippen LogP contribution in [0.25, 0.3) is 0 Å². The number of benzene rings is 2. The molecule has 0 bridgehead atoms. The van der Waals surface area contributed by atoms with Gasteiger partial charge in [0.1, 0.15) is 0 Å². The summed E-state index contributed by atoms with van der Waals surface area (Å²) in [6.07, 6.45) is 2.45. The van der Waals surface area contributed by atoms with Gasteiger partial charge in [0.15, 0.2) is 5.52 Å². The lowest BCUT2D eigenvalue weighted by Crippen LogP contribution is -2.24. The predicted molar refractivity (Wildman–Crippen MR) is 99.9 cm³/mol. The second-order valence-corrected chi connectivity index (χ2v) is 8.89. The van der Waals surface area contributed by atoms with Crippen LogP contribution in [0.4, 0.5) is 8.78 Å². The number of halogens is 2. The van der Waals surface area contributed by atoms with Gasteiger partial charge in [0, 0.05) is 17.4 Å². The molecule has 1 atom stereocenters. The van der Waals surface area contributed by atoms with Crippen molar-refractivity contribution in [3.63, 3.8) is 0 Å². The number of alkyl halides is 2. The molecule has 1 fully saturated rings. The highest BCUT2D eigenvalue weighted by Crippen LogP contribution is 2.62. The van der Waals surface area contributed by atoms with E-state index in [1.54, 1.807) is 0 Å². The van der Waals surface area contributed by atoms with Gasteiger partial charge in [-0.1, -0.05) is 61.5 Å². The lowest BCUT2D eigenvalue weighted by Gasteiger charge is -2.31. The Morgan fingerprint density at radius 3 is 2.24 bits per heavy atom. The second kappa shape index (κ2) is 7.74. The molecule has 0 amide bonds. The summed E-state index contributed by atoms with van der Waals surface area (Å²) in [6.45, 7) is 1.45. The summed E-state index contributed by atoms with van der Waals surface area (Å²) in [6, 6.07) is 18.8. The highest BCUT2D eigenvalue weighted by atomic mass is 31.1. The monoisotopic (exact) mass is 360 g/mol. The molecule has 0 radical (unpaired) electrons. The van der Waals surface area contributed by atoms with Crippen LogP contribution in [0.3, 0.4) is 0 Å². The third-order valence-electron chi connectivity index (χ3n) is 4.89. The zero-order valence-corrected chi connectivity index (χ0v) is 15.3. The van der Waals surface area contributed by atoms with Crippen LogP contribution in [-0.2, 0) is 11.6 Å². The largest absolute Gasteiger partial charge is 0.289 e. The Morgan fingerprint density at radius 2 is 1.64 bits per heavy atom. The molecule has 4 heteroatoms. The van der Waals surface area contributed by atoms with Crippen molar-refractivity contribution in [3.8, 4) is 0 Å². The van der Waals surface area contributed by atoms with Crippen LogP contribution in [0.2, 0.25) is 0 Å². The van der Waals surface area contributed by atoms with Crippen molar-refractivity contribution in [1.82, 2.24) is 0 Å². The lowest BCUT2D eigenvalue weighted by atomic mass is 9.93. The van der Waals surface area contributed by atoms with Gasteiger partial charge in [-0.25, -0.2) is 8.78 Å². The normalized spacial score (nSPS) is 20.0. The van der Waals surface area contributed by atoms with Crippen LogP contribution in [0.15, 0.2) is 54.6 Å². The first-order chi connectivity index (χ1) is 12.1. The first-order valence-electron chi connectivity index (χ1n) is 8.76. The summed E-state index contributed by atoms with van der Waals surface area (Å²) < 4.78 is 21.5. The van der Waals surface area contributed by atoms with Crippen LogP contribution in [0.5, 0.6) is 0 Å². The molecule has 25 heavy (non-hydrogen) atoms. The molecule has 1 saturated carbocycles. The Morgan fingerprint density at radius 1 is 1.04 bits per heavy atom. The molecule has 2 aliphatic rings. The van der Waals surface area contributed by atoms with Gasteiger partial charge in [-0.15, -0.1) is 0 Å². The van der Waals surface area contributed by atoms with E-state index in [9.17, 15) is 13.6 Å². The van der Waals surface area contributed by atoms with Gasteiger partial charge < -0.3 is 0 Å². The van der Waals surface area contributed by atoms with E-state index >= 15 is 0 Å². The lowest BCUT2D eigenvalue weighted by molar-refractivity contribution is 0.107. The van der Waals surface area contributed by atoms with Gasteiger partial charge in [-0.05, 0) is 44.2 Å². The maximum absolute atomic E-state index is 12.8. The van der Waals surface area contributed by atoms with Crippen molar-refractivity contribution in [2.75, 3.05) is 6.16 Å². The fraction of sp³-hybridized carbons (Fsp3) is 0.381. The van der Waals surface area contributed by atoms with Gasteiger partial charge in [0.25, 0.3) is 0 Å². The Bertz CT molecular complexity index is 726. The summed E-state index contributed by atoms with van der Waals surface area (Å²) in [5, 5.41) is 0. The zero-order chi connectivity index (χ0) is 17.9. The van der Waals surface area contributed by atoms with E-state index in [0.29, 0.717) is 10.9 Å². The highest BCUT2D eigenvalue weighted by molar-refractivity contribution is 7.75. The molecule has 1 heterocycles. The van der Waals surface area contributed by atoms with Crippen molar-refractivity contribution in [3.05, 3.63) is 71.3 Å². The molecule has 4 rings (SSSR count). The van der Waals surface area contributed by atoms with Crippen molar-refractivity contribution in [2.24, 2.45) is 0 Å². The van der Waals surface area contributed by atoms with Crippen LogP contribution in [0.1, 0.15) is 47.7 Å². The minimum Gasteiger partial charge on any atom is -0.289 e. The molecule has 132 valence electrons. The minimum atomic E-state index is -2.12. The fourth-order valence-electron chi connectivity index (χ4n) is 3.33. The molecule has 0 aromatic heterocycles. The first-order valence-corrected chi connectivity index (χ1v) is 10.5. The number of fused-ring (bicyclic) bond motifs is 2. The first kappa shape index (κ1) is 18.2. The van der Waals surface area contributed by atoms with E-state index in [-0.39, 0.29) is 6.42 Å². The summed E-state index contributed by atoms with van der Waals surface area (Å²) in [7, 11) is -0.560. The minimum absolute atomic E-state index is 0.0278. The molecule has 2 aromatic rings. The van der Waals surface area contributed by atoms with Crippen LogP contribution >= 0.6 is 7.92 Å². The molecule has 1 nitrogen and oxygen atoms in total. The second-order valence-electron chi connectivity index (χ2n) is 6.77. The standard InChI is InChI=1S/C18H17OP.C3H6F2/c19-17-15-8-4-5-9-16(15)18(10-11-18)13-20(17)12-14-6-2-1-3-7-14;1-2-3(4)5/h1-9H,10-13H2;3H,2H2,1H3. The molecule has 1 aliphatic heterocycles. The van der Waals surface area contributed by atoms with Crippen LogP contribution in [0, 0.1) is 0 Å². The number of hydrogen-bond acceptors (Lipinski definition) is 1. The Labute approximate surface area is 149 Å². The molecule has 0 saturated heterocycles. The zero-order valence-electron chi connectivity index (χ0n) is 14.4. The number of hydrogen-bond donors (Lipinski definition) is 0. The maximum atomic E-state index is 12.8. The average molecular weight is 360 g/mol. The van der Waals surface area contributed by atoms with Crippen molar-refractivity contribution >= 4 is 13.4 Å². The quantitative estimate of drug-likeness (QED) is 0.594. The van der Waals surface area contributed by atoms with E-state index in [1.165, 1.54) is 30.9 Å². The van der Waals surface area contributed by atoms with Gasteiger partial charge >= 0.3 is 0 Å². The van der Waals surface area contributed by atoms with E-state index in [2.05, 4.69) is 36.4 Å². The smallest absolute Gasteiger partial charge is 0.238 e.